The zero-order chi connectivity index (χ0) is 25.1. The molecule has 4 saturated carbocycles. The second kappa shape index (κ2) is 8.90. The van der Waals surface area contributed by atoms with Crippen LogP contribution in [0, 0.1) is 30.1 Å². The van der Waals surface area contributed by atoms with Crippen LogP contribution in [0.2, 0.25) is 0 Å². The van der Waals surface area contributed by atoms with E-state index in [0.29, 0.717) is 25.1 Å². The molecule has 0 aromatic heterocycles. The molecule has 4 bridgehead atoms. The number of alkyl halides is 3. The summed E-state index contributed by atoms with van der Waals surface area (Å²) >= 11 is 0. The predicted octanol–water partition coefficient (Wildman–Crippen LogP) is 6.94. The van der Waals surface area contributed by atoms with Crippen molar-refractivity contribution in [1.29, 1.82) is 0 Å². The largest absolute Gasteiger partial charge is 0.416 e. The van der Waals surface area contributed by atoms with Gasteiger partial charge >= 0.3 is 6.18 Å². The lowest BCUT2D eigenvalue weighted by Crippen LogP contribution is -2.57. The fourth-order valence-electron chi connectivity index (χ4n) is 7.92. The van der Waals surface area contributed by atoms with Crippen LogP contribution in [-0.2, 0) is 15.7 Å². The normalized spacial score (nSPS) is 30.3. The Morgan fingerprint density at radius 2 is 1.56 bits per heavy atom. The molecule has 1 atom stereocenters. The fraction of sp³-hybridized carbons (Fsp3) is 0.567. The van der Waals surface area contributed by atoms with E-state index in [2.05, 4.69) is 0 Å². The van der Waals surface area contributed by atoms with Gasteiger partial charge in [0.1, 0.15) is 6.10 Å². The number of ether oxygens (including phenoxy) is 1. The average Bonchev–Trinajstić information content (AvgIpc) is 2.77. The maximum absolute atomic E-state index is 13.8. The predicted molar refractivity (Wildman–Crippen MR) is 131 cm³/mol. The highest BCUT2D eigenvalue weighted by molar-refractivity contribution is 5.78. The minimum absolute atomic E-state index is 0.118. The molecule has 0 N–H and O–H groups in total. The van der Waals surface area contributed by atoms with Gasteiger partial charge in [0.25, 0.3) is 0 Å². The van der Waals surface area contributed by atoms with Crippen molar-refractivity contribution in [1.82, 2.24) is 4.90 Å². The molecular weight excluding hydrogens is 463 g/mol. The van der Waals surface area contributed by atoms with Gasteiger partial charge in [0.05, 0.1) is 11.7 Å². The van der Waals surface area contributed by atoms with Crippen molar-refractivity contribution < 1.29 is 22.7 Å². The van der Waals surface area contributed by atoms with Crippen LogP contribution in [-0.4, -0.2) is 30.0 Å². The molecule has 0 spiro atoms. The molecule has 1 heterocycles. The van der Waals surface area contributed by atoms with Crippen LogP contribution in [0.15, 0.2) is 48.5 Å². The molecule has 1 saturated heterocycles. The third-order valence-corrected chi connectivity index (χ3v) is 9.15. The van der Waals surface area contributed by atoms with Crippen LogP contribution in [0.5, 0.6) is 0 Å². The van der Waals surface area contributed by atoms with Gasteiger partial charge in [-0.3, -0.25) is 4.79 Å². The van der Waals surface area contributed by atoms with Crippen molar-refractivity contribution in [3.8, 4) is 0 Å². The molecule has 5 aliphatic rings. The quantitative estimate of drug-likeness (QED) is 0.433. The number of carbonyl (C=O) groups excluding carboxylic acids is 1. The van der Waals surface area contributed by atoms with Crippen molar-refractivity contribution in [3.63, 3.8) is 0 Å². The van der Waals surface area contributed by atoms with E-state index >= 15 is 0 Å². The Morgan fingerprint density at radius 3 is 2.14 bits per heavy atom. The Morgan fingerprint density at radius 1 is 0.972 bits per heavy atom. The van der Waals surface area contributed by atoms with Crippen LogP contribution in [0.4, 0.5) is 13.2 Å². The first-order valence-electron chi connectivity index (χ1n) is 13.3. The SMILES string of the molecule is Cc1ccc(C(OC2CN(C(=O)CC34CC5CC(CC(C5)C3)C4)C2)c2ccccc2C(F)(F)F)cc1. The first-order valence-corrected chi connectivity index (χ1v) is 13.3. The second-order valence-corrected chi connectivity index (χ2v) is 12.0. The highest BCUT2D eigenvalue weighted by Gasteiger charge is 2.52. The summed E-state index contributed by atoms with van der Waals surface area (Å²) in [6, 6.07) is 13.1. The monoisotopic (exact) mass is 497 g/mol. The molecule has 7 rings (SSSR count). The Kier molecular flexibility index (Phi) is 5.94. The van der Waals surface area contributed by atoms with E-state index in [0.717, 1.165) is 29.4 Å². The van der Waals surface area contributed by atoms with Crippen LogP contribution < -0.4 is 0 Å². The van der Waals surface area contributed by atoms with Gasteiger partial charge in [-0.1, -0.05) is 48.0 Å². The van der Waals surface area contributed by atoms with Crippen LogP contribution >= 0.6 is 0 Å². The summed E-state index contributed by atoms with van der Waals surface area (Å²) in [7, 11) is 0. The lowest BCUT2D eigenvalue weighted by atomic mass is 9.49. The first kappa shape index (κ1) is 24.0. The number of carbonyl (C=O) groups is 1. The number of halogens is 3. The van der Waals surface area contributed by atoms with E-state index in [9.17, 15) is 18.0 Å². The summed E-state index contributed by atoms with van der Waals surface area (Å²) in [6.07, 6.45) is 2.69. The van der Waals surface area contributed by atoms with E-state index in [1.165, 1.54) is 50.7 Å². The molecule has 0 radical (unpaired) electrons. The number of benzene rings is 2. The number of hydrogen-bond donors (Lipinski definition) is 0. The van der Waals surface area contributed by atoms with Gasteiger partial charge in [0.2, 0.25) is 5.91 Å². The lowest BCUT2D eigenvalue weighted by Gasteiger charge is -2.57. The van der Waals surface area contributed by atoms with Crippen molar-refractivity contribution in [2.45, 2.75) is 70.3 Å². The Bertz CT molecular complexity index is 1080. The van der Waals surface area contributed by atoms with Gasteiger partial charge in [0.15, 0.2) is 0 Å². The lowest BCUT2D eigenvalue weighted by molar-refractivity contribution is -0.156. The highest BCUT2D eigenvalue weighted by atomic mass is 19.4. The molecule has 1 aliphatic heterocycles. The smallest absolute Gasteiger partial charge is 0.362 e. The zero-order valence-electron chi connectivity index (χ0n) is 20.8. The summed E-state index contributed by atoms with van der Waals surface area (Å²) in [5.41, 5.74) is 1.35. The zero-order valence-corrected chi connectivity index (χ0v) is 20.8. The maximum atomic E-state index is 13.8. The molecule has 6 heteroatoms. The molecule has 5 fully saturated rings. The standard InChI is InChI=1S/C30H34F3NO2/c1-19-6-8-23(9-7-19)28(25-4-2-3-5-26(25)30(31,32)33)36-24-17-34(18-24)27(35)16-29-13-20-10-21(14-29)12-22(11-20)15-29/h2-9,20-22,24,28H,10-18H2,1H3. The molecule has 4 aliphatic carbocycles. The van der Waals surface area contributed by atoms with Gasteiger partial charge in [-0.05, 0) is 85.8 Å². The number of likely N-dealkylation sites (tertiary alicyclic amines) is 1. The van der Waals surface area contributed by atoms with Crippen molar-refractivity contribution >= 4 is 5.91 Å². The second-order valence-electron chi connectivity index (χ2n) is 12.0. The van der Waals surface area contributed by atoms with Gasteiger partial charge < -0.3 is 9.64 Å². The van der Waals surface area contributed by atoms with Crippen LogP contribution in [0.3, 0.4) is 0 Å². The van der Waals surface area contributed by atoms with Crippen molar-refractivity contribution in [2.24, 2.45) is 23.2 Å². The number of nitrogens with zero attached hydrogens (tertiary/aromatic N) is 1. The van der Waals surface area contributed by atoms with Crippen molar-refractivity contribution in [3.05, 3.63) is 70.8 Å². The number of amides is 1. The number of rotatable bonds is 6. The maximum Gasteiger partial charge on any atom is 0.416 e. The molecule has 1 amide bonds. The summed E-state index contributed by atoms with van der Waals surface area (Å²) < 4.78 is 47.8. The number of hydrogen-bond acceptors (Lipinski definition) is 2. The molecule has 192 valence electrons. The summed E-state index contributed by atoms with van der Waals surface area (Å²) in [5.74, 6) is 2.61. The molecular formula is C30H34F3NO2. The Balaban J connectivity index is 1.15. The van der Waals surface area contributed by atoms with Gasteiger partial charge in [0, 0.05) is 19.5 Å². The number of aryl methyl sites for hydroxylation is 1. The van der Waals surface area contributed by atoms with E-state index in [1.807, 2.05) is 36.1 Å². The van der Waals surface area contributed by atoms with E-state index in [-0.39, 0.29) is 23.0 Å². The Hall–Kier alpha value is -2.34. The van der Waals surface area contributed by atoms with Crippen LogP contribution in [0.1, 0.15) is 73.3 Å². The van der Waals surface area contributed by atoms with Gasteiger partial charge in [-0.2, -0.15) is 13.2 Å². The van der Waals surface area contributed by atoms with Crippen molar-refractivity contribution in [2.75, 3.05) is 13.1 Å². The Labute approximate surface area is 211 Å². The first-order chi connectivity index (χ1) is 17.2. The topological polar surface area (TPSA) is 29.5 Å². The summed E-state index contributed by atoms with van der Waals surface area (Å²) in [6.45, 7) is 2.84. The molecule has 2 aromatic carbocycles. The van der Waals surface area contributed by atoms with E-state index in [1.54, 1.807) is 6.07 Å². The molecule has 3 nitrogen and oxygen atoms in total. The average molecular weight is 498 g/mol. The van der Waals surface area contributed by atoms with Crippen LogP contribution in [0.25, 0.3) is 0 Å². The third-order valence-electron chi connectivity index (χ3n) is 9.15. The summed E-state index contributed by atoms with van der Waals surface area (Å²) in [5, 5.41) is 0. The minimum Gasteiger partial charge on any atom is -0.362 e. The van der Waals surface area contributed by atoms with E-state index < -0.39 is 17.8 Å². The van der Waals surface area contributed by atoms with Gasteiger partial charge in [-0.25, -0.2) is 0 Å². The molecule has 36 heavy (non-hydrogen) atoms. The molecule has 2 aromatic rings. The molecule has 1 unspecified atom stereocenters. The van der Waals surface area contributed by atoms with Gasteiger partial charge in [-0.15, -0.1) is 0 Å². The minimum atomic E-state index is -4.47. The highest BCUT2D eigenvalue weighted by Crippen LogP contribution is 2.61. The van der Waals surface area contributed by atoms with E-state index in [4.69, 9.17) is 4.74 Å². The third kappa shape index (κ3) is 4.57. The fourth-order valence-corrected chi connectivity index (χ4v) is 7.92. The summed E-state index contributed by atoms with van der Waals surface area (Å²) in [4.78, 5) is 15.1.